The van der Waals surface area contributed by atoms with Crippen LogP contribution in [0.1, 0.15) is 45.1 Å². The minimum absolute atomic E-state index is 0.0124. The highest BCUT2D eigenvalue weighted by atomic mass is 16.6. The van der Waals surface area contributed by atoms with Gasteiger partial charge in [0.1, 0.15) is 0 Å². The van der Waals surface area contributed by atoms with Gasteiger partial charge in [0.2, 0.25) is 6.10 Å². The summed E-state index contributed by atoms with van der Waals surface area (Å²) in [6.07, 6.45) is 1.93. The molecule has 3 unspecified atom stereocenters. The number of hydrogen-bond donors (Lipinski definition) is 0. The van der Waals surface area contributed by atoms with E-state index >= 15 is 0 Å². The van der Waals surface area contributed by atoms with Gasteiger partial charge >= 0.3 is 0 Å². The molecular weight excluding hydrogens is 448 g/mol. The second kappa shape index (κ2) is 7.37. The number of non-ortho nitro benzene ring substituents is 1. The zero-order valence-electron chi connectivity index (χ0n) is 19.6. The lowest BCUT2D eigenvalue weighted by Crippen LogP contribution is -2.51. The Labute approximate surface area is 202 Å². The van der Waals surface area contributed by atoms with Crippen LogP contribution in [0.3, 0.4) is 0 Å². The maximum absolute atomic E-state index is 14.1. The van der Waals surface area contributed by atoms with Gasteiger partial charge in [0.05, 0.1) is 27.8 Å². The van der Waals surface area contributed by atoms with E-state index < -0.39 is 16.4 Å². The third-order valence-electron chi connectivity index (χ3n) is 8.80. The van der Waals surface area contributed by atoms with Crippen LogP contribution in [0.5, 0.6) is 0 Å². The number of hydrogen-bond acceptors (Lipinski definition) is 6. The molecule has 1 saturated heterocycles. The van der Waals surface area contributed by atoms with E-state index in [1.807, 2.05) is 30.3 Å². The highest BCUT2D eigenvalue weighted by molar-refractivity contribution is 6.08. The first-order chi connectivity index (χ1) is 16.8. The van der Waals surface area contributed by atoms with Gasteiger partial charge < -0.3 is 4.84 Å². The van der Waals surface area contributed by atoms with Crippen LogP contribution >= 0.6 is 0 Å². The van der Waals surface area contributed by atoms with Crippen molar-refractivity contribution in [2.45, 2.75) is 51.7 Å². The highest BCUT2D eigenvalue weighted by Gasteiger charge is 2.75. The van der Waals surface area contributed by atoms with E-state index in [0.29, 0.717) is 22.9 Å². The standard InChI is InChI=1S/C26H26N4O5/c1-25(2)17-12-13-26(25)22(14-17)29(28(24(26)32)18-6-4-3-5-7-18)23(31)21-15-20(27-35-21)16-8-10-19(11-9-16)30(33)34/h3-11,17,21-22H,12-15H2,1-2H3/t17?,21-,22?,26?/m1/s1. The summed E-state index contributed by atoms with van der Waals surface area (Å²) >= 11 is 0. The van der Waals surface area contributed by atoms with Crippen LogP contribution in [0.15, 0.2) is 59.8 Å². The summed E-state index contributed by atoms with van der Waals surface area (Å²) in [6, 6.07) is 15.1. The van der Waals surface area contributed by atoms with Crippen LogP contribution in [0.2, 0.25) is 0 Å². The molecule has 2 heterocycles. The maximum atomic E-state index is 14.1. The molecule has 9 nitrogen and oxygen atoms in total. The van der Waals surface area contributed by atoms with E-state index in [-0.39, 0.29) is 35.4 Å². The summed E-state index contributed by atoms with van der Waals surface area (Å²) in [7, 11) is 0. The molecule has 3 fully saturated rings. The number of nitro benzene ring substituents is 1. The number of amides is 2. The molecule has 2 aliphatic heterocycles. The average Bonchev–Trinajstić information content (AvgIpc) is 3.57. The number of fused-ring (bicyclic) bond motifs is 1. The van der Waals surface area contributed by atoms with Crippen LogP contribution in [0.25, 0.3) is 0 Å². The lowest BCUT2D eigenvalue weighted by atomic mass is 9.67. The zero-order valence-corrected chi connectivity index (χ0v) is 19.6. The molecule has 2 saturated carbocycles. The number of para-hydroxylation sites is 1. The SMILES string of the molecule is CC1(C)C2CCC13C(=O)N(c1ccccc1)N(C(=O)[C@H]1CC(c4ccc([N+](=O)[O-])cc4)=NO1)C3C2. The van der Waals surface area contributed by atoms with Gasteiger partial charge in [-0.15, -0.1) is 0 Å². The molecule has 2 aliphatic carbocycles. The fourth-order valence-electron chi connectivity index (χ4n) is 6.85. The number of rotatable bonds is 4. The van der Waals surface area contributed by atoms with E-state index in [0.717, 1.165) is 19.3 Å². The number of nitro groups is 1. The van der Waals surface area contributed by atoms with Crippen molar-refractivity contribution >= 4 is 28.9 Å². The lowest BCUT2D eigenvalue weighted by molar-refractivity contribution is -0.384. The molecule has 9 heteroatoms. The Morgan fingerprint density at radius 1 is 1.14 bits per heavy atom. The van der Waals surface area contributed by atoms with Gasteiger partial charge in [0, 0.05) is 18.6 Å². The second-order valence-corrected chi connectivity index (χ2v) is 10.5. The normalized spacial score (nSPS) is 30.3. The Balaban J connectivity index is 1.31. The molecule has 0 radical (unpaired) electrons. The van der Waals surface area contributed by atoms with Crippen molar-refractivity contribution in [2.24, 2.45) is 21.9 Å². The molecule has 2 aromatic rings. The number of carbonyl (C=O) groups is 2. The Bertz CT molecular complexity index is 1260. The summed E-state index contributed by atoms with van der Waals surface area (Å²) in [5.74, 6) is 0.0933. The van der Waals surface area contributed by atoms with Crippen LogP contribution in [0, 0.1) is 26.9 Å². The summed E-state index contributed by atoms with van der Waals surface area (Å²) in [5, 5.41) is 18.3. The van der Waals surface area contributed by atoms with Gasteiger partial charge in [-0.05, 0) is 60.4 Å². The monoisotopic (exact) mass is 474 g/mol. The third kappa shape index (κ3) is 2.84. The Morgan fingerprint density at radius 3 is 2.51 bits per heavy atom. The Kier molecular flexibility index (Phi) is 4.58. The number of anilines is 1. The van der Waals surface area contributed by atoms with E-state index in [9.17, 15) is 19.7 Å². The molecule has 2 amide bonds. The number of nitrogens with zero attached hydrogens (tertiary/aromatic N) is 4. The number of carbonyl (C=O) groups excluding carboxylic acids is 2. The minimum atomic E-state index is -0.864. The summed E-state index contributed by atoms with van der Waals surface area (Å²) in [4.78, 5) is 44.2. The van der Waals surface area contributed by atoms with E-state index in [1.54, 1.807) is 22.2 Å². The number of hydrazine groups is 1. The van der Waals surface area contributed by atoms with Crippen molar-refractivity contribution in [3.8, 4) is 0 Å². The first-order valence-electron chi connectivity index (χ1n) is 12.0. The topological polar surface area (TPSA) is 105 Å². The summed E-state index contributed by atoms with van der Waals surface area (Å²) in [6.45, 7) is 4.34. The molecule has 0 aromatic heterocycles. The van der Waals surface area contributed by atoms with Crippen molar-refractivity contribution in [2.75, 3.05) is 5.01 Å². The van der Waals surface area contributed by atoms with Gasteiger partial charge in [-0.25, -0.2) is 10.0 Å². The van der Waals surface area contributed by atoms with Gasteiger partial charge in [-0.2, -0.15) is 0 Å². The molecule has 4 atom stereocenters. The van der Waals surface area contributed by atoms with Gasteiger partial charge in [-0.1, -0.05) is 37.2 Å². The molecular formula is C26H26N4O5. The van der Waals surface area contributed by atoms with E-state index in [2.05, 4.69) is 19.0 Å². The molecule has 1 spiro atoms. The lowest BCUT2D eigenvalue weighted by Gasteiger charge is -2.35. The van der Waals surface area contributed by atoms with Crippen LogP contribution in [0.4, 0.5) is 11.4 Å². The van der Waals surface area contributed by atoms with Crippen molar-refractivity contribution in [1.82, 2.24) is 5.01 Å². The number of oxime groups is 1. The maximum Gasteiger partial charge on any atom is 0.286 e. The first-order valence-corrected chi connectivity index (χ1v) is 12.0. The fraction of sp³-hybridized carbons (Fsp3) is 0.423. The van der Waals surface area contributed by atoms with Crippen molar-refractivity contribution in [3.05, 3.63) is 70.3 Å². The van der Waals surface area contributed by atoms with Crippen LogP contribution in [-0.4, -0.2) is 39.6 Å². The molecule has 6 rings (SSSR count). The van der Waals surface area contributed by atoms with Crippen LogP contribution < -0.4 is 5.01 Å². The third-order valence-corrected chi connectivity index (χ3v) is 8.80. The van der Waals surface area contributed by atoms with Gasteiger partial charge in [-0.3, -0.25) is 19.7 Å². The van der Waals surface area contributed by atoms with Crippen LogP contribution in [-0.2, 0) is 14.4 Å². The van der Waals surface area contributed by atoms with Crippen molar-refractivity contribution < 1.29 is 19.3 Å². The molecule has 0 N–H and O–H groups in total. The average molecular weight is 475 g/mol. The zero-order chi connectivity index (χ0) is 24.5. The minimum Gasteiger partial charge on any atom is -0.382 e. The molecule has 4 aliphatic rings. The summed E-state index contributed by atoms with van der Waals surface area (Å²) < 4.78 is 0. The predicted molar refractivity (Wildman–Crippen MR) is 127 cm³/mol. The number of benzene rings is 2. The second-order valence-electron chi connectivity index (χ2n) is 10.5. The van der Waals surface area contributed by atoms with Crippen molar-refractivity contribution in [3.63, 3.8) is 0 Å². The van der Waals surface area contributed by atoms with Crippen molar-refractivity contribution in [1.29, 1.82) is 0 Å². The molecule has 2 bridgehead atoms. The first kappa shape index (κ1) is 21.8. The van der Waals surface area contributed by atoms with Gasteiger partial charge in [0.15, 0.2) is 0 Å². The Morgan fingerprint density at radius 2 is 1.86 bits per heavy atom. The predicted octanol–water partition coefficient (Wildman–Crippen LogP) is 4.07. The fourth-order valence-corrected chi connectivity index (χ4v) is 6.85. The van der Waals surface area contributed by atoms with E-state index in [1.165, 1.54) is 12.1 Å². The van der Waals surface area contributed by atoms with E-state index in [4.69, 9.17) is 4.84 Å². The smallest absolute Gasteiger partial charge is 0.286 e. The largest absolute Gasteiger partial charge is 0.382 e. The molecule has 35 heavy (non-hydrogen) atoms. The highest BCUT2D eigenvalue weighted by Crippen LogP contribution is 2.70. The van der Waals surface area contributed by atoms with Gasteiger partial charge in [0.25, 0.3) is 17.5 Å². The molecule has 2 aromatic carbocycles. The summed E-state index contributed by atoms with van der Waals surface area (Å²) in [5.41, 5.74) is 1.07. The molecule has 180 valence electrons. The Hall–Kier alpha value is -3.75. The quantitative estimate of drug-likeness (QED) is 0.491.